The highest BCUT2D eigenvalue weighted by molar-refractivity contribution is 6.42. The minimum absolute atomic E-state index is 0.0706. The average molecular weight is 244 g/mol. The second kappa shape index (κ2) is 5.55. The minimum atomic E-state index is 0.0706. The van der Waals surface area contributed by atoms with Crippen LogP contribution in [0, 0.1) is 0 Å². The van der Waals surface area contributed by atoms with Crippen LogP contribution in [0.15, 0.2) is 30.4 Å². The fourth-order valence-electron chi connectivity index (χ4n) is 1.50. The Kier molecular flexibility index (Phi) is 4.65. The molecule has 0 bridgehead atoms. The van der Waals surface area contributed by atoms with Gasteiger partial charge in [0.1, 0.15) is 0 Å². The lowest BCUT2D eigenvalue weighted by Gasteiger charge is -2.20. The van der Waals surface area contributed by atoms with Crippen LogP contribution >= 0.6 is 23.2 Å². The quantitative estimate of drug-likeness (QED) is 0.782. The number of hydrogen-bond acceptors (Lipinski definition) is 1. The van der Waals surface area contributed by atoms with Crippen LogP contribution in [0.2, 0.25) is 10.0 Å². The van der Waals surface area contributed by atoms with Crippen LogP contribution in [0.1, 0.15) is 25.5 Å². The van der Waals surface area contributed by atoms with Gasteiger partial charge in [0, 0.05) is 0 Å². The first kappa shape index (κ1) is 12.6. The van der Waals surface area contributed by atoms with Gasteiger partial charge in [-0.3, -0.25) is 0 Å². The van der Waals surface area contributed by atoms with Gasteiger partial charge in [-0.25, -0.2) is 0 Å². The maximum Gasteiger partial charge on any atom is 0.0643 e. The Morgan fingerprint density at radius 1 is 1.47 bits per heavy atom. The number of hydrogen-bond donors (Lipinski definition) is 1. The van der Waals surface area contributed by atoms with Crippen LogP contribution in [0.3, 0.4) is 0 Å². The van der Waals surface area contributed by atoms with E-state index in [9.17, 15) is 0 Å². The van der Waals surface area contributed by atoms with Gasteiger partial charge in [0.05, 0.1) is 16.1 Å². The molecule has 0 fully saturated rings. The van der Waals surface area contributed by atoms with E-state index >= 15 is 0 Å². The zero-order valence-corrected chi connectivity index (χ0v) is 10.5. The van der Waals surface area contributed by atoms with Crippen molar-refractivity contribution in [2.45, 2.75) is 19.9 Å². The summed E-state index contributed by atoms with van der Waals surface area (Å²) in [6.07, 6.45) is 0. The van der Waals surface area contributed by atoms with Crippen LogP contribution in [0.5, 0.6) is 0 Å². The molecule has 0 saturated heterocycles. The van der Waals surface area contributed by atoms with Crippen molar-refractivity contribution in [3.63, 3.8) is 0 Å². The SMILES string of the molecule is C=C(C)C(NCC)c1cccc(Cl)c1Cl. The van der Waals surface area contributed by atoms with Crippen molar-refractivity contribution in [3.05, 3.63) is 46.0 Å². The molecule has 1 aromatic rings. The fraction of sp³-hybridized carbons (Fsp3) is 0.333. The van der Waals surface area contributed by atoms with Crippen molar-refractivity contribution in [2.24, 2.45) is 0 Å². The highest BCUT2D eigenvalue weighted by Gasteiger charge is 2.15. The molecule has 0 aromatic heterocycles. The maximum atomic E-state index is 6.15. The van der Waals surface area contributed by atoms with Crippen molar-refractivity contribution in [3.8, 4) is 0 Å². The van der Waals surface area contributed by atoms with Crippen molar-refractivity contribution >= 4 is 23.2 Å². The second-order valence-electron chi connectivity index (χ2n) is 3.48. The molecule has 0 heterocycles. The smallest absolute Gasteiger partial charge is 0.0643 e. The van der Waals surface area contributed by atoms with Gasteiger partial charge < -0.3 is 5.32 Å². The van der Waals surface area contributed by atoms with E-state index < -0.39 is 0 Å². The van der Waals surface area contributed by atoms with Crippen LogP contribution in [0.4, 0.5) is 0 Å². The molecule has 1 rings (SSSR count). The van der Waals surface area contributed by atoms with Crippen molar-refractivity contribution in [2.75, 3.05) is 6.54 Å². The third-order valence-electron chi connectivity index (χ3n) is 2.19. The fourth-order valence-corrected chi connectivity index (χ4v) is 1.91. The Labute approximate surface area is 101 Å². The van der Waals surface area contributed by atoms with Gasteiger partial charge in [0.15, 0.2) is 0 Å². The predicted octanol–water partition coefficient (Wildman–Crippen LogP) is 4.22. The number of rotatable bonds is 4. The van der Waals surface area contributed by atoms with Gasteiger partial charge in [0.2, 0.25) is 0 Å². The van der Waals surface area contributed by atoms with Gasteiger partial charge in [-0.15, -0.1) is 0 Å². The normalized spacial score (nSPS) is 12.5. The van der Waals surface area contributed by atoms with E-state index in [-0.39, 0.29) is 6.04 Å². The molecule has 0 aliphatic heterocycles. The van der Waals surface area contributed by atoms with Crippen LogP contribution < -0.4 is 5.32 Å². The van der Waals surface area contributed by atoms with Crippen molar-refractivity contribution in [1.29, 1.82) is 0 Å². The molecule has 15 heavy (non-hydrogen) atoms. The second-order valence-corrected chi connectivity index (χ2v) is 4.27. The summed E-state index contributed by atoms with van der Waals surface area (Å²) < 4.78 is 0. The molecule has 0 amide bonds. The first-order chi connectivity index (χ1) is 7.07. The lowest BCUT2D eigenvalue weighted by atomic mass is 10.0. The zero-order valence-electron chi connectivity index (χ0n) is 8.98. The summed E-state index contributed by atoms with van der Waals surface area (Å²) in [5.41, 5.74) is 2.01. The van der Waals surface area contributed by atoms with Crippen molar-refractivity contribution < 1.29 is 0 Å². The highest BCUT2D eigenvalue weighted by Crippen LogP contribution is 2.32. The summed E-state index contributed by atoms with van der Waals surface area (Å²) in [7, 11) is 0. The number of halogens is 2. The summed E-state index contributed by atoms with van der Waals surface area (Å²) in [4.78, 5) is 0. The molecule has 0 spiro atoms. The molecular weight excluding hydrogens is 229 g/mol. The molecule has 1 nitrogen and oxygen atoms in total. The van der Waals surface area contributed by atoms with Crippen LogP contribution in [-0.4, -0.2) is 6.54 Å². The molecule has 1 unspecified atom stereocenters. The Balaban J connectivity index is 3.11. The van der Waals surface area contributed by atoms with Gasteiger partial charge in [-0.2, -0.15) is 0 Å². The first-order valence-corrected chi connectivity index (χ1v) is 5.66. The van der Waals surface area contributed by atoms with Crippen molar-refractivity contribution in [1.82, 2.24) is 5.32 Å². The molecule has 0 saturated carbocycles. The Morgan fingerprint density at radius 2 is 2.13 bits per heavy atom. The topological polar surface area (TPSA) is 12.0 Å². The van der Waals surface area contributed by atoms with E-state index in [2.05, 4.69) is 11.9 Å². The Hall–Kier alpha value is -0.500. The zero-order chi connectivity index (χ0) is 11.4. The standard InChI is InChI=1S/C12H15Cl2N/c1-4-15-12(8(2)3)9-6-5-7-10(13)11(9)14/h5-7,12,15H,2,4H2,1,3H3. The lowest BCUT2D eigenvalue weighted by Crippen LogP contribution is -2.21. The molecule has 1 atom stereocenters. The molecule has 0 aliphatic rings. The van der Waals surface area contributed by atoms with E-state index in [0.29, 0.717) is 10.0 Å². The number of likely N-dealkylation sites (N-methyl/N-ethyl adjacent to an activating group) is 1. The molecule has 82 valence electrons. The van der Waals surface area contributed by atoms with E-state index in [1.807, 2.05) is 26.0 Å². The number of nitrogens with one attached hydrogen (secondary N) is 1. The van der Waals surface area contributed by atoms with E-state index in [1.165, 1.54) is 0 Å². The highest BCUT2D eigenvalue weighted by atomic mass is 35.5. The van der Waals surface area contributed by atoms with Gasteiger partial charge in [-0.05, 0) is 25.1 Å². The van der Waals surface area contributed by atoms with Crippen LogP contribution in [-0.2, 0) is 0 Å². The predicted molar refractivity (Wildman–Crippen MR) is 67.7 cm³/mol. The summed E-state index contributed by atoms with van der Waals surface area (Å²) in [6, 6.07) is 5.73. The van der Waals surface area contributed by atoms with Gasteiger partial charge >= 0.3 is 0 Å². The monoisotopic (exact) mass is 243 g/mol. The van der Waals surface area contributed by atoms with Crippen LogP contribution in [0.25, 0.3) is 0 Å². The molecule has 0 aliphatic carbocycles. The summed E-state index contributed by atoms with van der Waals surface area (Å²) in [6.45, 7) is 8.85. The summed E-state index contributed by atoms with van der Waals surface area (Å²) in [5, 5.41) is 4.51. The third kappa shape index (κ3) is 2.97. The van der Waals surface area contributed by atoms with Gasteiger partial charge in [0.25, 0.3) is 0 Å². The average Bonchev–Trinajstić information content (AvgIpc) is 2.19. The first-order valence-electron chi connectivity index (χ1n) is 4.90. The molecular formula is C12H15Cl2N. The maximum absolute atomic E-state index is 6.15. The Morgan fingerprint density at radius 3 is 2.67 bits per heavy atom. The van der Waals surface area contributed by atoms with E-state index in [0.717, 1.165) is 17.7 Å². The molecule has 3 heteroatoms. The number of benzene rings is 1. The largest absolute Gasteiger partial charge is 0.307 e. The third-order valence-corrected chi connectivity index (χ3v) is 3.03. The lowest BCUT2D eigenvalue weighted by molar-refractivity contribution is 0.622. The minimum Gasteiger partial charge on any atom is -0.307 e. The van der Waals surface area contributed by atoms with E-state index in [4.69, 9.17) is 23.2 Å². The summed E-state index contributed by atoms with van der Waals surface area (Å²) in [5.74, 6) is 0. The molecule has 1 N–H and O–H groups in total. The summed E-state index contributed by atoms with van der Waals surface area (Å²) >= 11 is 12.1. The van der Waals surface area contributed by atoms with E-state index in [1.54, 1.807) is 6.07 Å². The van der Waals surface area contributed by atoms with Gasteiger partial charge in [-0.1, -0.05) is 54.4 Å². The Bertz CT molecular complexity index is 361. The molecule has 0 radical (unpaired) electrons. The molecule has 1 aromatic carbocycles.